The van der Waals surface area contributed by atoms with Crippen LogP contribution in [0.3, 0.4) is 0 Å². The molecule has 2 bridgehead atoms. The van der Waals surface area contributed by atoms with Crippen LogP contribution in [0, 0.1) is 22.7 Å². The fourth-order valence-corrected chi connectivity index (χ4v) is 4.54. The quantitative estimate of drug-likeness (QED) is 0.752. The number of rotatable bonds is 3. The highest BCUT2D eigenvalue weighted by Gasteiger charge is 2.63. The van der Waals surface area contributed by atoms with E-state index < -0.39 is 0 Å². The number of Topliss-reactive ketones (excluding diaryl/α,β-unsaturated/α-hetero) is 2. The second-order valence-corrected chi connectivity index (χ2v) is 6.70. The van der Waals surface area contributed by atoms with Crippen molar-refractivity contribution in [3.8, 4) is 0 Å². The summed E-state index contributed by atoms with van der Waals surface area (Å²) >= 11 is 0. The van der Waals surface area contributed by atoms with Crippen LogP contribution >= 0.6 is 0 Å². The first-order valence-corrected chi connectivity index (χ1v) is 6.85. The molecule has 0 aliphatic heterocycles. The maximum absolute atomic E-state index is 12.5. The van der Waals surface area contributed by atoms with Crippen molar-refractivity contribution in [2.24, 2.45) is 22.7 Å². The Morgan fingerprint density at radius 1 is 1.35 bits per heavy atom. The van der Waals surface area contributed by atoms with Gasteiger partial charge in [-0.3, -0.25) is 4.79 Å². The van der Waals surface area contributed by atoms with Gasteiger partial charge in [0, 0.05) is 18.3 Å². The van der Waals surface area contributed by atoms with Crippen LogP contribution in [0.4, 0.5) is 0 Å². The topological polar surface area (TPSA) is 34.1 Å². The summed E-state index contributed by atoms with van der Waals surface area (Å²) < 4.78 is 0. The number of carbonyl (C=O) groups is 2. The molecule has 2 saturated carbocycles. The average Bonchev–Trinajstić information content (AvgIpc) is 2.31. The Morgan fingerprint density at radius 3 is 2.59 bits per heavy atom. The van der Waals surface area contributed by atoms with Crippen molar-refractivity contribution in [2.75, 3.05) is 0 Å². The van der Waals surface area contributed by atoms with Gasteiger partial charge in [0.05, 0.1) is 0 Å². The van der Waals surface area contributed by atoms with Crippen LogP contribution in [0.1, 0.15) is 59.8 Å². The molecule has 0 amide bonds. The SMILES string of the molecule is CC(=O)CCC12C(=O)CC(CCC1C)C2(C)C. The number of carbonyl (C=O) groups excluding carboxylic acids is 2. The van der Waals surface area contributed by atoms with Gasteiger partial charge in [0.1, 0.15) is 11.6 Å². The van der Waals surface area contributed by atoms with Gasteiger partial charge in [0.25, 0.3) is 0 Å². The molecule has 2 aliphatic carbocycles. The Hall–Kier alpha value is -0.660. The molecule has 0 N–H and O–H groups in total. The Labute approximate surface area is 104 Å². The molecular formula is C15H24O2. The van der Waals surface area contributed by atoms with Gasteiger partial charge in [-0.05, 0) is 43.4 Å². The highest BCUT2D eigenvalue weighted by Crippen LogP contribution is 2.65. The van der Waals surface area contributed by atoms with Gasteiger partial charge < -0.3 is 4.79 Å². The van der Waals surface area contributed by atoms with Crippen LogP contribution in [0.5, 0.6) is 0 Å². The Kier molecular flexibility index (Phi) is 2.95. The number of ketones is 2. The van der Waals surface area contributed by atoms with Crippen molar-refractivity contribution < 1.29 is 9.59 Å². The third-order valence-corrected chi connectivity index (χ3v) is 5.76. The zero-order chi connectivity index (χ0) is 12.8. The maximum atomic E-state index is 12.5. The monoisotopic (exact) mass is 236 g/mol. The van der Waals surface area contributed by atoms with Crippen molar-refractivity contribution >= 4 is 11.6 Å². The zero-order valence-corrected chi connectivity index (χ0v) is 11.5. The van der Waals surface area contributed by atoms with Crippen molar-refractivity contribution in [1.29, 1.82) is 0 Å². The third-order valence-electron chi connectivity index (χ3n) is 5.76. The summed E-state index contributed by atoms with van der Waals surface area (Å²) in [5, 5.41) is 0. The standard InChI is InChI=1S/C15H24O2/c1-10-5-6-12-9-13(17)15(10,14(12,3)4)8-7-11(2)16/h10,12H,5-9H2,1-4H3. The first-order valence-electron chi connectivity index (χ1n) is 6.85. The zero-order valence-electron chi connectivity index (χ0n) is 11.5. The van der Waals surface area contributed by atoms with Crippen LogP contribution in [-0.2, 0) is 9.59 Å². The highest BCUT2D eigenvalue weighted by molar-refractivity contribution is 5.90. The fourth-order valence-electron chi connectivity index (χ4n) is 4.54. The highest BCUT2D eigenvalue weighted by atomic mass is 16.1. The van der Waals surface area contributed by atoms with Crippen molar-refractivity contribution in [3.05, 3.63) is 0 Å². The number of fused-ring (bicyclic) bond motifs is 2. The Balaban J connectivity index is 2.36. The summed E-state index contributed by atoms with van der Waals surface area (Å²) in [4.78, 5) is 23.8. The molecule has 3 unspecified atom stereocenters. The van der Waals surface area contributed by atoms with Gasteiger partial charge in [0.2, 0.25) is 0 Å². The molecule has 17 heavy (non-hydrogen) atoms. The van der Waals surface area contributed by atoms with Crippen LogP contribution in [-0.4, -0.2) is 11.6 Å². The van der Waals surface area contributed by atoms with Crippen LogP contribution < -0.4 is 0 Å². The van der Waals surface area contributed by atoms with Crippen LogP contribution in [0.25, 0.3) is 0 Å². The maximum Gasteiger partial charge on any atom is 0.140 e. The van der Waals surface area contributed by atoms with Crippen LogP contribution in [0.15, 0.2) is 0 Å². The molecule has 0 spiro atoms. The Morgan fingerprint density at radius 2 is 2.00 bits per heavy atom. The normalized spacial score (nSPS) is 39.4. The molecule has 2 fully saturated rings. The first kappa shape index (κ1) is 12.8. The van der Waals surface area contributed by atoms with Gasteiger partial charge in [-0.2, -0.15) is 0 Å². The molecule has 0 aromatic rings. The molecule has 2 nitrogen and oxygen atoms in total. The second-order valence-electron chi connectivity index (χ2n) is 6.70. The first-order chi connectivity index (χ1) is 7.82. The van der Waals surface area contributed by atoms with E-state index in [2.05, 4.69) is 20.8 Å². The second kappa shape index (κ2) is 3.93. The van der Waals surface area contributed by atoms with Gasteiger partial charge in [-0.1, -0.05) is 20.8 Å². The van der Waals surface area contributed by atoms with E-state index in [0.717, 1.165) is 19.3 Å². The van der Waals surface area contributed by atoms with Gasteiger partial charge >= 0.3 is 0 Å². The number of hydrogen-bond donors (Lipinski definition) is 0. The minimum atomic E-state index is -0.221. The third kappa shape index (κ3) is 1.60. The van der Waals surface area contributed by atoms with Gasteiger partial charge in [-0.25, -0.2) is 0 Å². The molecule has 2 heteroatoms. The van der Waals surface area contributed by atoms with Crippen molar-refractivity contribution in [3.63, 3.8) is 0 Å². The molecule has 0 saturated heterocycles. The van der Waals surface area contributed by atoms with E-state index >= 15 is 0 Å². The molecule has 2 rings (SSSR count). The fraction of sp³-hybridized carbons (Fsp3) is 0.867. The Bertz CT molecular complexity index is 356. The van der Waals surface area contributed by atoms with E-state index in [1.54, 1.807) is 6.92 Å². The van der Waals surface area contributed by atoms with E-state index in [1.165, 1.54) is 6.42 Å². The minimum Gasteiger partial charge on any atom is -0.300 e. The van der Waals surface area contributed by atoms with Gasteiger partial charge in [0.15, 0.2) is 0 Å². The van der Waals surface area contributed by atoms with Crippen LogP contribution in [0.2, 0.25) is 0 Å². The van der Waals surface area contributed by atoms with E-state index in [-0.39, 0.29) is 16.6 Å². The lowest BCUT2D eigenvalue weighted by atomic mass is 9.52. The minimum absolute atomic E-state index is 0.0806. The van der Waals surface area contributed by atoms with Crippen molar-refractivity contribution in [2.45, 2.75) is 59.8 Å². The molecule has 3 atom stereocenters. The lowest BCUT2D eigenvalue weighted by molar-refractivity contribution is -0.137. The molecule has 0 aromatic carbocycles. The van der Waals surface area contributed by atoms with E-state index in [0.29, 0.717) is 24.0 Å². The lowest BCUT2D eigenvalue weighted by Crippen LogP contribution is -2.48. The number of hydrogen-bond acceptors (Lipinski definition) is 2. The molecule has 0 aromatic heterocycles. The summed E-state index contributed by atoms with van der Waals surface area (Å²) in [6, 6.07) is 0. The van der Waals surface area contributed by atoms with E-state index in [4.69, 9.17) is 0 Å². The van der Waals surface area contributed by atoms with Crippen molar-refractivity contribution in [1.82, 2.24) is 0 Å². The summed E-state index contributed by atoms with van der Waals surface area (Å²) in [5.41, 5.74) is -0.140. The van der Waals surface area contributed by atoms with E-state index in [9.17, 15) is 9.59 Å². The molecular weight excluding hydrogens is 212 g/mol. The molecule has 2 aliphatic rings. The summed E-state index contributed by atoms with van der Waals surface area (Å²) in [7, 11) is 0. The molecule has 0 heterocycles. The summed E-state index contributed by atoms with van der Waals surface area (Å²) in [5.74, 6) is 1.62. The predicted octanol–water partition coefficient (Wildman–Crippen LogP) is 3.39. The van der Waals surface area contributed by atoms with E-state index in [1.807, 2.05) is 0 Å². The van der Waals surface area contributed by atoms with Gasteiger partial charge in [-0.15, -0.1) is 0 Å². The predicted molar refractivity (Wildman–Crippen MR) is 67.6 cm³/mol. The summed E-state index contributed by atoms with van der Waals surface area (Å²) in [6.07, 6.45) is 4.41. The smallest absolute Gasteiger partial charge is 0.140 e. The molecule has 0 radical (unpaired) electrons. The molecule has 96 valence electrons. The summed E-state index contributed by atoms with van der Waals surface area (Å²) in [6.45, 7) is 8.34. The largest absolute Gasteiger partial charge is 0.300 e. The average molecular weight is 236 g/mol. The lowest BCUT2D eigenvalue weighted by Gasteiger charge is -2.51.